The van der Waals surface area contributed by atoms with E-state index in [-0.39, 0.29) is 0 Å². The minimum absolute atomic E-state index is 0.314. The number of alkyl carbamates (subject to hydrolysis) is 1. The molecule has 1 unspecified atom stereocenters. The molecule has 0 aliphatic heterocycles. The van der Waals surface area contributed by atoms with E-state index in [9.17, 15) is 9.59 Å². The lowest BCUT2D eigenvalue weighted by Crippen LogP contribution is -2.43. The largest absolute Gasteiger partial charge is 0.480 e. The molecule has 0 rings (SSSR count). The highest BCUT2D eigenvalue weighted by atomic mass is 16.6. The Labute approximate surface area is 108 Å². The molecular formula is C12H23NO5. The Kier molecular flexibility index (Phi) is 7.35. The predicted molar refractivity (Wildman–Crippen MR) is 66.5 cm³/mol. The van der Waals surface area contributed by atoms with Crippen LogP contribution in [0.4, 0.5) is 4.79 Å². The van der Waals surface area contributed by atoms with E-state index < -0.39 is 23.7 Å². The number of carboxylic acids is 1. The number of aliphatic carboxylic acids is 1. The van der Waals surface area contributed by atoms with E-state index in [2.05, 4.69) is 5.32 Å². The van der Waals surface area contributed by atoms with Crippen LogP contribution in [0.3, 0.4) is 0 Å². The van der Waals surface area contributed by atoms with Gasteiger partial charge >= 0.3 is 12.1 Å². The molecule has 0 aliphatic carbocycles. The van der Waals surface area contributed by atoms with E-state index in [4.69, 9.17) is 14.6 Å². The number of carbonyl (C=O) groups excluding carboxylic acids is 1. The zero-order valence-electron chi connectivity index (χ0n) is 11.5. The van der Waals surface area contributed by atoms with Crippen molar-refractivity contribution in [3.8, 4) is 0 Å². The Morgan fingerprint density at radius 1 is 1.33 bits per heavy atom. The van der Waals surface area contributed by atoms with E-state index >= 15 is 0 Å². The monoisotopic (exact) mass is 261 g/mol. The van der Waals surface area contributed by atoms with Gasteiger partial charge in [0.15, 0.2) is 0 Å². The normalized spacial score (nSPS) is 12.9. The van der Waals surface area contributed by atoms with Gasteiger partial charge in [-0.3, -0.25) is 0 Å². The second-order valence-corrected chi connectivity index (χ2v) is 4.88. The Morgan fingerprint density at radius 3 is 2.39 bits per heavy atom. The first-order chi connectivity index (χ1) is 8.26. The van der Waals surface area contributed by atoms with Gasteiger partial charge in [0, 0.05) is 13.2 Å². The van der Waals surface area contributed by atoms with Gasteiger partial charge in [0.1, 0.15) is 11.6 Å². The van der Waals surface area contributed by atoms with E-state index in [0.717, 1.165) is 0 Å². The fourth-order valence-electron chi connectivity index (χ4n) is 1.24. The molecule has 6 heteroatoms. The molecule has 106 valence electrons. The van der Waals surface area contributed by atoms with Crippen molar-refractivity contribution in [3.05, 3.63) is 0 Å². The first kappa shape index (κ1) is 16.7. The van der Waals surface area contributed by atoms with Gasteiger partial charge in [-0.15, -0.1) is 0 Å². The Balaban J connectivity index is 4.11. The van der Waals surface area contributed by atoms with Crippen molar-refractivity contribution in [1.29, 1.82) is 0 Å². The van der Waals surface area contributed by atoms with Gasteiger partial charge in [0.25, 0.3) is 0 Å². The molecule has 0 radical (unpaired) electrons. The maximum absolute atomic E-state index is 11.4. The molecule has 1 atom stereocenters. The van der Waals surface area contributed by atoms with E-state index in [0.29, 0.717) is 26.1 Å². The number of nitrogens with one attached hydrogen (secondary N) is 1. The van der Waals surface area contributed by atoms with Crippen molar-refractivity contribution in [2.24, 2.45) is 0 Å². The summed E-state index contributed by atoms with van der Waals surface area (Å²) >= 11 is 0. The van der Waals surface area contributed by atoms with Crippen molar-refractivity contribution in [3.63, 3.8) is 0 Å². The van der Waals surface area contributed by atoms with Crippen molar-refractivity contribution in [2.45, 2.75) is 52.2 Å². The number of hydrogen-bond donors (Lipinski definition) is 2. The molecule has 6 nitrogen and oxygen atoms in total. The van der Waals surface area contributed by atoms with Gasteiger partial charge in [0.2, 0.25) is 0 Å². The first-order valence-corrected chi connectivity index (χ1v) is 6.06. The van der Waals surface area contributed by atoms with Gasteiger partial charge in [-0.05, 0) is 40.5 Å². The topological polar surface area (TPSA) is 84.9 Å². The van der Waals surface area contributed by atoms with Gasteiger partial charge in [-0.25, -0.2) is 9.59 Å². The highest BCUT2D eigenvalue weighted by Gasteiger charge is 2.23. The summed E-state index contributed by atoms with van der Waals surface area (Å²) in [6.45, 7) is 8.10. The number of carbonyl (C=O) groups is 2. The minimum atomic E-state index is -1.07. The smallest absolute Gasteiger partial charge is 0.408 e. The van der Waals surface area contributed by atoms with Crippen LogP contribution in [0.25, 0.3) is 0 Å². The number of amides is 1. The lowest BCUT2D eigenvalue weighted by molar-refractivity contribution is -0.139. The zero-order valence-corrected chi connectivity index (χ0v) is 11.5. The van der Waals surface area contributed by atoms with Gasteiger partial charge in [0.05, 0.1) is 0 Å². The second-order valence-electron chi connectivity index (χ2n) is 4.88. The fourth-order valence-corrected chi connectivity index (χ4v) is 1.24. The third-order valence-electron chi connectivity index (χ3n) is 1.97. The lowest BCUT2D eigenvalue weighted by Gasteiger charge is -2.21. The van der Waals surface area contributed by atoms with E-state index in [1.54, 1.807) is 20.8 Å². The summed E-state index contributed by atoms with van der Waals surface area (Å²) in [6.07, 6.45) is 0.168. The van der Waals surface area contributed by atoms with Crippen LogP contribution in [0.5, 0.6) is 0 Å². The molecule has 0 heterocycles. The van der Waals surface area contributed by atoms with Crippen LogP contribution >= 0.6 is 0 Å². The summed E-state index contributed by atoms with van der Waals surface area (Å²) < 4.78 is 10.1. The molecule has 0 aromatic rings. The first-order valence-electron chi connectivity index (χ1n) is 6.06. The lowest BCUT2D eigenvalue weighted by atomic mass is 10.1. The molecule has 0 bridgehead atoms. The van der Waals surface area contributed by atoms with Crippen molar-refractivity contribution < 1.29 is 24.2 Å². The standard InChI is InChI=1S/C12H23NO5/c1-5-17-8-6-7-9(10(14)15)13-11(16)18-12(2,3)4/h9H,5-8H2,1-4H3,(H,13,16)(H,14,15). The van der Waals surface area contributed by atoms with Crippen LogP contribution in [-0.4, -0.2) is 42.0 Å². The maximum Gasteiger partial charge on any atom is 0.408 e. The number of carboxylic acid groups (broad SMARTS) is 1. The Morgan fingerprint density at radius 2 is 1.94 bits per heavy atom. The van der Waals surface area contributed by atoms with Crippen molar-refractivity contribution >= 4 is 12.1 Å². The molecule has 2 N–H and O–H groups in total. The van der Waals surface area contributed by atoms with E-state index in [1.807, 2.05) is 6.92 Å². The van der Waals surface area contributed by atoms with E-state index in [1.165, 1.54) is 0 Å². The zero-order chi connectivity index (χ0) is 14.2. The average molecular weight is 261 g/mol. The molecule has 0 saturated carbocycles. The highest BCUT2D eigenvalue weighted by molar-refractivity contribution is 5.79. The SMILES string of the molecule is CCOCCCC(NC(=O)OC(C)(C)C)C(=O)O. The second kappa shape index (κ2) is 7.92. The number of ether oxygens (including phenoxy) is 2. The summed E-state index contributed by atoms with van der Waals surface area (Å²) in [6, 6.07) is -0.944. The molecule has 0 aliphatic rings. The van der Waals surface area contributed by atoms with Gasteiger partial charge < -0.3 is 19.9 Å². The van der Waals surface area contributed by atoms with Crippen molar-refractivity contribution in [1.82, 2.24) is 5.32 Å². The Bertz CT molecular complexity index is 272. The molecule has 0 aromatic heterocycles. The molecule has 18 heavy (non-hydrogen) atoms. The van der Waals surface area contributed by atoms with Gasteiger partial charge in [-0.1, -0.05) is 0 Å². The van der Waals surface area contributed by atoms with Crippen LogP contribution in [0.15, 0.2) is 0 Å². The molecule has 0 saturated heterocycles. The van der Waals surface area contributed by atoms with Crippen LogP contribution in [-0.2, 0) is 14.3 Å². The molecular weight excluding hydrogens is 238 g/mol. The highest BCUT2D eigenvalue weighted by Crippen LogP contribution is 2.07. The van der Waals surface area contributed by atoms with Crippen LogP contribution in [0.1, 0.15) is 40.5 Å². The maximum atomic E-state index is 11.4. The van der Waals surface area contributed by atoms with Crippen molar-refractivity contribution in [2.75, 3.05) is 13.2 Å². The molecule has 0 aromatic carbocycles. The third kappa shape index (κ3) is 8.81. The third-order valence-corrected chi connectivity index (χ3v) is 1.97. The summed E-state index contributed by atoms with van der Waals surface area (Å²) in [5.41, 5.74) is -0.640. The fraction of sp³-hybridized carbons (Fsp3) is 0.833. The molecule has 0 spiro atoms. The Hall–Kier alpha value is -1.30. The molecule has 0 fully saturated rings. The number of hydrogen-bond acceptors (Lipinski definition) is 4. The van der Waals surface area contributed by atoms with Gasteiger partial charge in [-0.2, -0.15) is 0 Å². The van der Waals surface area contributed by atoms with Crippen LogP contribution in [0.2, 0.25) is 0 Å². The minimum Gasteiger partial charge on any atom is -0.480 e. The summed E-state index contributed by atoms with van der Waals surface area (Å²) in [5.74, 6) is -1.07. The van der Waals surface area contributed by atoms with Crippen LogP contribution < -0.4 is 5.32 Å². The quantitative estimate of drug-likeness (QED) is 0.682. The summed E-state index contributed by atoms with van der Waals surface area (Å²) in [5, 5.41) is 11.3. The summed E-state index contributed by atoms with van der Waals surface area (Å²) in [4.78, 5) is 22.4. The average Bonchev–Trinajstić information content (AvgIpc) is 2.19. The molecule has 1 amide bonds. The summed E-state index contributed by atoms with van der Waals surface area (Å²) in [7, 11) is 0. The van der Waals surface area contributed by atoms with Crippen LogP contribution in [0, 0.1) is 0 Å². The predicted octanol–water partition coefficient (Wildman–Crippen LogP) is 1.78. The number of rotatable bonds is 7.